The lowest BCUT2D eigenvalue weighted by atomic mass is 10.1. The minimum Gasteiger partial charge on any atom is -0.508 e. The molecule has 0 bridgehead atoms. The Kier molecular flexibility index (Phi) is 4.68. The highest BCUT2D eigenvalue weighted by Crippen LogP contribution is 2.37. The second-order valence-corrected chi connectivity index (χ2v) is 4.52. The summed E-state index contributed by atoms with van der Waals surface area (Å²) in [5.41, 5.74) is 1.02. The van der Waals surface area contributed by atoms with Crippen LogP contribution >= 0.6 is 0 Å². The molecule has 0 amide bonds. The third-order valence-corrected chi connectivity index (χ3v) is 3.06. The number of benzene rings is 2. The molecule has 0 saturated heterocycles. The highest BCUT2D eigenvalue weighted by atomic mass is 16.5. The molecule has 5 heteroatoms. The fraction of sp³-hybridized carbons (Fsp3) is 0.118. The van der Waals surface area contributed by atoms with Crippen LogP contribution in [0.4, 0.5) is 0 Å². The number of phenols is 2. The third kappa shape index (κ3) is 3.38. The van der Waals surface area contributed by atoms with Crippen LogP contribution in [0.5, 0.6) is 23.0 Å². The number of hydrogen-bond acceptors (Lipinski definition) is 5. The maximum Gasteiger partial charge on any atom is 0.200 e. The minimum absolute atomic E-state index is 0.0345. The Balaban J connectivity index is 2.28. The first-order valence-electron chi connectivity index (χ1n) is 6.51. The van der Waals surface area contributed by atoms with Gasteiger partial charge in [-0.2, -0.15) is 0 Å². The molecule has 5 nitrogen and oxygen atoms in total. The first kappa shape index (κ1) is 15.4. The average molecular weight is 300 g/mol. The van der Waals surface area contributed by atoms with E-state index in [1.807, 2.05) is 0 Å². The molecule has 0 aliphatic heterocycles. The summed E-state index contributed by atoms with van der Waals surface area (Å²) in [7, 11) is 2.86. The Bertz CT molecular complexity index is 694. The molecule has 0 radical (unpaired) electrons. The summed E-state index contributed by atoms with van der Waals surface area (Å²) in [6.45, 7) is 0. The van der Waals surface area contributed by atoms with E-state index in [0.29, 0.717) is 11.1 Å². The van der Waals surface area contributed by atoms with E-state index in [-0.39, 0.29) is 28.8 Å². The number of carbonyl (C=O) groups is 1. The van der Waals surface area contributed by atoms with E-state index >= 15 is 0 Å². The van der Waals surface area contributed by atoms with Gasteiger partial charge in [0.05, 0.1) is 14.2 Å². The minimum atomic E-state index is -0.248. The van der Waals surface area contributed by atoms with Gasteiger partial charge in [-0.1, -0.05) is 18.2 Å². The SMILES string of the molecule is COc1cc(C=CC(=O)c2cccc(O)c2)cc(OC)c1O. The third-order valence-electron chi connectivity index (χ3n) is 3.06. The van der Waals surface area contributed by atoms with Crippen LogP contribution in [0.25, 0.3) is 6.08 Å². The van der Waals surface area contributed by atoms with Gasteiger partial charge in [-0.25, -0.2) is 0 Å². The smallest absolute Gasteiger partial charge is 0.200 e. The van der Waals surface area contributed by atoms with E-state index in [1.54, 1.807) is 30.3 Å². The van der Waals surface area contributed by atoms with E-state index in [2.05, 4.69) is 0 Å². The van der Waals surface area contributed by atoms with Gasteiger partial charge >= 0.3 is 0 Å². The van der Waals surface area contributed by atoms with Gasteiger partial charge in [0.2, 0.25) is 5.75 Å². The zero-order valence-corrected chi connectivity index (χ0v) is 12.2. The van der Waals surface area contributed by atoms with Crippen molar-refractivity contribution < 1.29 is 24.5 Å². The van der Waals surface area contributed by atoms with Crippen molar-refractivity contribution in [1.29, 1.82) is 0 Å². The fourth-order valence-electron chi connectivity index (χ4n) is 1.94. The van der Waals surface area contributed by atoms with Crippen molar-refractivity contribution in [3.8, 4) is 23.0 Å². The average Bonchev–Trinajstić information content (AvgIpc) is 2.53. The standard InChI is InChI=1S/C17H16O5/c1-21-15-8-11(9-16(22-2)17(15)20)6-7-14(19)12-4-3-5-13(18)10-12/h3-10,18,20H,1-2H3. The van der Waals surface area contributed by atoms with E-state index < -0.39 is 0 Å². The molecule has 0 aliphatic rings. The molecular formula is C17H16O5. The van der Waals surface area contributed by atoms with Crippen LogP contribution in [0.3, 0.4) is 0 Å². The van der Waals surface area contributed by atoms with E-state index in [0.717, 1.165) is 0 Å². The predicted molar refractivity (Wildman–Crippen MR) is 82.7 cm³/mol. The van der Waals surface area contributed by atoms with Crippen molar-refractivity contribution in [3.63, 3.8) is 0 Å². The van der Waals surface area contributed by atoms with Gasteiger partial charge in [0.25, 0.3) is 0 Å². The van der Waals surface area contributed by atoms with Gasteiger partial charge < -0.3 is 19.7 Å². The highest BCUT2D eigenvalue weighted by molar-refractivity contribution is 6.07. The van der Waals surface area contributed by atoms with Crippen molar-refractivity contribution in [2.24, 2.45) is 0 Å². The molecule has 2 aromatic rings. The van der Waals surface area contributed by atoms with Crippen molar-refractivity contribution >= 4 is 11.9 Å². The molecule has 0 fully saturated rings. The molecular weight excluding hydrogens is 284 g/mol. The Morgan fingerprint density at radius 2 is 1.68 bits per heavy atom. The lowest BCUT2D eigenvalue weighted by molar-refractivity contribution is 0.104. The molecule has 2 N–H and O–H groups in total. The zero-order valence-electron chi connectivity index (χ0n) is 12.2. The largest absolute Gasteiger partial charge is 0.508 e. The number of carbonyl (C=O) groups excluding carboxylic acids is 1. The summed E-state index contributed by atoms with van der Waals surface area (Å²) in [4.78, 5) is 12.0. The van der Waals surface area contributed by atoms with Gasteiger partial charge in [-0.3, -0.25) is 4.79 Å². The quantitative estimate of drug-likeness (QED) is 0.655. The molecule has 0 unspecified atom stereocenters. The van der Waals surface area contributed by atoms with Crippen LogP contribution in [0, 0.1) is 0 Å². The van der Waals surface area contributed by atoms with E-state index in [4.69, 9.17) is 9.47 Å². The number of phenolic OH excluding ortho intramolecular Hbond substituents is 2. The molecule has 22 heavy (non-hydrogen) atoms. The summed E-state index contributed by atoms with van der Waals surface area (Å²) in [6, 6.07) is 9.28. The molecule has 0 atom stereocenters. The molecule has 0 saturated carbocycles. The summed E-state index contributed by atoms with van der Waals surface area (Å²) in [6.07, 6.45) is 2.96. The molecule has 0 heterocycles. The Morgan fingerprint density at radius 1 is 1.05 bits per heavy atom. The Morgan fingerprint density at radius 3 is 2.23 bits per heavy atom. The molecule has 2 aromatic carbocycles. The second kappa shape index (κ2) is 6.67. The number of ether oxygens (including phenoxy) is 2. The Hall–Kier alpha value is -2.95. The van der Waals surface area contributed by atoms with Crippen molar-refractivity contribution in [2.75, 3.05) is 14.2 Å². The number of ketones is 1. The zero-order chi connectivity index (χ0) is 16.1. The Labute approximate surface area is 128 Å². The summed E-state index contributed by atoms with van der Waals surface area (Å²) in [5, 5.41) is 19.2. The van der Waals surface area contributed by atoms with Crippen molar-refractivity contribution in [3.05, 3.63) is 53.6 Å². The maximum atomic E-state index is 12.0. The lowest BCUT2D eigenvalue weighted by Crippen LogP contribution is -1.94. The normalized spacial score (nSPS) is 10.6. The van der Waals surface area contributed by atoms with Gasteiger partial charge in [0.15, 0.2) is 17.3 Å². The topological polar surface area (TPSA) is 76.0 Å². The van der Waals surface area contributed by atoms with Crippen LogP contribution in [0.15, 0.2) is 42.5 Å². The molecule has 0 spiro atoms. The molecule has 114 valence electrons. The molecule has 0 aromatic heterocycles. The van der Waals surface area contributed by atoms with Gasteiger partial charge in [-0.15, -0.1) is 0 Å². The van der Waals surface area contributed by atoms with E-state index in [9.17, 15) is 15.0 Å². The van der Waals surface area contributed by atoms with E-state index in [1.165, 1.54) is 32.4 Å². The predicted octanol–water partition coefficient (Wildman–Crippen LogP) is 3.01. The van der Waals surface area contributed by atoms with Crippen LogP contribution in [-0.4, -0.2) is 30.2 Å². The number of methoxy groups -OCH3 is 2. The molecule has 2 rings (SSSR count). The summed E-state index contributed by atoms with van der Waals surface area (Å²) >= 11 is 0. The van der Waals surface area contributed by atoms with Gasteiger partial charge in [0.1, 0.15) is 5.75 Å². The van der Waals surface area contributed by atoms with Crippen molar-refractivity contribution in [1.82, 2.24) is 0 Å². The monoisotopic (exact) mass is 300 g/mol. The maximum absolute atomic E-state index is 12.0. The molecule has 0 aliphatic carbocycles. The van der Waals surface area contributed by atoms with Gasteiger partial charge in [-0.05, 0) is 35.9 Å². The van der Waals surface area contributed by atoms with Crippen molar-refractivity contribution in [2.45, 2.75) is 0 Å². The number of hydrogen-bond donors (Lipinski definition) is 2. The second-order valence-electron chi connectivity index (χ2n) is 4.52. The summed E-state index contributed by atoms with van der Waals surface area (Å²) < 4.78 is 10.1. The first-order chi connectivity index (χ1) is 10.5. The number of aromatic hydroxyl groups is 2. The first-order valence-corrected chi connectivity index (χ1v) is 6.51. The van der Waals surface area contributed by atoms with Crippen LogP contribution in [-0.2, 0) is 0 Å². The summed E-state index contributed by atoms with van der Waals surface area (Å²) in [5.74, 6) is 0.197. The number of allylic oxidation sites excluding steroid dienone is 1. The highest BCUT2D eigenvalue weighted by Gasteiger charge is 2.10. The number of rotatable bonds is 5. The van der Waals surface area contributed by atoms with Crippen LogP contribution in [0.2, 0.25) is 0 Å². The van der Waals surface area contributed by atoms with Gasteiger partial charge in [0, 0.05) is 5.56 Å². The lowest BCUT2D eigenvalue weighted by Gasteiger charge is -2.09. The van der Waals surface area contributed by atoms with Crippen LogP contribution < -0.4 is 9.47 Å². The van der Waals surface area contributed by atoms with Crippen LogP contribution in [0.1, 0.15) is 15.9 Å². The fourth-order valence-corrected chi connectivity index (χ4v) is 1.94.